The average Bonchev–Trinajstić information content (AvgIpc) is 2.55. The van der Waals surface area contributed by atoms with E-state index in [9.17, 15) is 0 Å². The van der Waals surface area contributed by atoms with Crippen molar-refractivity contribution in [1.82, 2.24) is 15.5 Å². The summed E-state index contributed by atoms with van der Waals surface area (Å²) in [6.45, 7) is 2.05. The van der Waals surface area contributed by atoms with Crippen LogP contribution in [0.3, 0.4) is 0 Å². The van der Waals surface area contributed by atoms with Gasteiger partial charge in [-0.25, -0.2) is 0 Å². The zero-order valence-electron chi connectivity index (χ0n) is 11.5. The maximum atomic E-state index is 4.28. The summed E-state index contributed by atoms with van der Waals surface area (Å²) in [7, 11) is 0. The smallest absolute Gasteiger partial charge is 0.148 e. The lowest BCUT2D eigenvalue weighted by atomic mass is 10.1. The monoisotopic (exact) mass is 268 g/mol. The molecule has 0 saturated carbocycles. The van der Waals surface area contributed by atoms with Crippen LogP contribution in [0.1, 0.15) is 19.3 Å². The second-order valence-corrected chi connectivity index (χ2v) is 5.20. The first kappa shape index (κ1) is 13.1. The number of hydrogen-bond acceptors (Lipinski definition) is 4. The number of rotatable bonds is 4. The maximum Gasteiger partial charge on any atom is 0.148 e. The molecule has 0 amide bonds. The summed E-state index contributed by atoms with van der Waals surface area (Å²) in [5.41, 5.74) is 2.01. The van der Waals surface area contributed by atoms with Crippen LogP contribution in [0.5, 0.6) is 0 Å². The average molecular weight is 268 g/mol. The normalized spacial score (nSPS) is 18.7. The fraction of sp³-hybridized carbons (Fsp3) is 0.375. The predicted molar refractivity (Wildman–Crippen MR) is 81.6 cm³/mol. The van der Waals surface area contributed by atoms with Crippen LogP contribution >= 0.6 is 0 Å². The van der Waals surface area contributed by atoms with Crippen molar-refractivity contribution in [3.8, 4) is 11.3 Å². The van der Waals surface area contributed by atoms with Gasteiger partial charge in [0, 0.05) is 18.2 Å². The van der Waals surface area contributed by atoms with Crippen LogP contribution in [-0.2, 0) is 0 Å². The second kappa shape index (κ2) is 6.48. The van der Waals surface area contributed by atoms with Crippen LogP contribution in [0.2, 0.25) is 0 Å². The molecule has 3 rings (SSSR count). The number of hydrogen-bond donors (Lipinski definition) is 2. The van der Waals surface area contributed by atoms with Crippen molar-refractivity contribution in [3.05, 3.63) is 42.5 Å². The molecule has 2 heterocycles. The van der Waals surface area contributed by atoms with E-state index in [1.165, 1.54) is 19.3 Å². The van der Waals surface area contributed by atoms with Gasteiger partial charge in [0.15, 0.2) is 0 Å². The molecule has 2 N–H and O–H groups in total. The lowest BCUT2D eigenvalue weighted by Crippen LogP contribution is -2.39. The molecule has 104 valence electrons. The van der Waals surface area contributed by atoms with Gasteiger partial charge in [-0.1, -0.05) is 36.8 Å². The second-order valence-electron chi connectivity index (χ2n) is 5.20. The van der Waals surface area contributed by atoms with E-state index in [-0.39, 0.29) is 0 Å². The standard InChI is InChI=1S/C16H20N4/c1-2-6-13(7-3-1)15-9-10-16(20-19-15)18-12-14-8-4-5-11-17-14/h1-3,6-7,9-10,14,17H,4-5,8,11-12H2,(H,18,20). The Morgan fingerprint density at radius 1 is 1.05 bits per heavy atom. The Morgan fingerprint density at radius 2 is 1.95 bits per heavy atom. The van der Waals surface area contributed by atoms with Crippen molar-refractivity contribution in [1.29, 1.82) is 0 Å². The highest BCUT2D eigenvalue weighted by molar-refractivity contribution is 5.59. The maximum absolute atomic E-state index is 4.28. The van der Waals surface area contributed by atoms with Gasteiger partial charge in [0.05, 0.1) is 5.69 Å². The topological polar surface area (TPSA) is 49.8 Å². The highest BCUT2D eigenvalue weighted by Gasteiger charge is 2.12. The Morgan fingerprint density at radius 3 is 2.65 bits per heavy atom. The molecule has 4 heteroatoms. The van der Waals surface area contributed by atoms with Crippen molar-refractivity contribution < 1.29 is 0 Å². The molecule has 4 nitrogen and oxygen atoms in total. The number of benzene rings is 1. The third kappa shape index (κ3) is 3.33. The Kier molecular flexibility index (Phi) is 4.23. The fourth-order valence-electron chi connectivity index (χ4n) is 2.52. The van der Waals surface area contributed by atoms with Crippen molar-refractivity contribution in [2.75, 3.05) is 18.4 Å². The molecular formula is C16H20N4. The third-order valence-electron chi connectivity index (χ3n) is 3.68. The summed E-state index contributed by atoms with van der Waals surface area (Å²) in [5, 5.41) is 15.4. The number of nitrogens with zero attached hydrogens (tertiary/aromatic N) is 2. The van der Waals surface area contributed by atoms with Gasteiger partial charge in [-0.15, -0.1) is 10.2 Å². The first-order valence-electron chi connectivity index (χ1n) is 7.28. The van der Waals surface area contributed by atoms with Crippen LogP contribution in [0.15, 0.2) is 42.5 Å². The lowest BCUT2D eigenvalue weighted by molar-refractivity contribution is 0.414. The zero-order valence-corrected chi connectivity index (χ0v) is 11.5. The van der Waals surface area contributed by atoms with Crippen LogP contribution in [-0.4, -0.2) is 29.3 Å². The number of aromatic nitrogens is 2. The van der Waals surface area contributed by atoms with Gasteiger partial charge in [-0.2, -0.15) is 0 Å². The summed E-state index contributed by atoms with van der Waals surface area (Å²) in [4.78, 5) is 0. The van der Waals surface area contributed by atoms with Gasteiger partial charge >= 0.3 is 0 Å². The van der Waals surface area contributed by atoms with Gasteiger partial charge in [-0.05, 0) is 31.5 Å². The number of nitrogens with one attached hydrogen (secondary N) is 2. The van der Waals surface area contributed by atoms with Crippen LogP contribution in [0.25, 0.3) is 11.3 Å². The lowest BCUT2D eigenvalue weighted by Gasteiger charge is -2.23. The van der Waals surface area contributed by atoms with E-state index in [2.05, 4.69) is 20.8 Å². The van der Waals surface area contributed by atoms with Gasteiger partial charge in [0.2, 0.25) is 0 Å². The minimum atomic E-state index is 0.555. The van der Waals surface area contributed by atoms with E-state index in [1.54, 1.807) is 0 Å². The number of piperidine rings is 1. The Hall–Kier alpha value is -1.94. The minimum absolute atomic E-state index is 0.555. The molecular weight excluding hydrogens is 248 g/mol. The van der Waals surface area contributed by atoms with Crippen molar-refractivity contribution in [2.24, 2.45) is 0 Å². The molecule has 1 aliphatic rings. The summed E-state index contributed by atoms with van der Waals surface area (Å²) < 4.78 is 0. The summed E-state index contributed by atoms with van der Waals surface area (Å²) in [6, 6.07) is 14.7. The van der Waals surface area contributed by atoms with E-state index >= 15 is 0 Å². The molecule has 0 radical (unpaired) electrons. The highest BCUT2D eigenvalue weighted by Crippen LogP contribution is 2.16. The molecule has 20 heavy (non-hydrogen) atoms. The summed E-state index contributed by atoms with van der Waals surface area (Å²) in [6.07, 6.45) is 3.85. The minimum Gasteiger partial charge on any atom is -0.367 e. The molecule has 1 aromatic heterocycles. The fourth-order valence-corrected chi connectivity index (χ4v) is 2.52. The first-order chi connectivity index (χ1) is 9.92. The molecule has 1 saturated heterocycles. The predicted octanol–water partition coefficient (Wildman–Crippen LogP) is 2.70. The molecule has 2 aromatic rings. The van der Waals surface area contributed by atoms with E-state index in [1.807, 2.05) is 42.5 Å². The SMILES string of the molecule is c1ccc(-c2ccc(NCC3CCCCN3)nn2)cc1. The zero-order chi connectivity index (χ0) is 13.6. The van der Waals surface area contributed by atoms with Gasteiger partial charge in [0.1, 0.15) is 5.82 Å². The third-order valence-corrected chi connectivity index (χ3v) is 3.68. The Labute approximate surface area is 119 Å². The van der Waals surface area contributed by atoms with Crippen molar-refractivity contribution >= 4 is 5.82 Å². The molecule has 1 aromatic carbocycles. The first-order valence-corrected chi connectivity index (χ1v) is 7.28. The molecule has 1 unspecified atom stereocenters. The largest absolute Gasteiger partial charge is 0.367 e. The van der Waals surface area contributed by atoms with Crippen molar-refractivity contribution in [3.63, 3.8) is 0 Å². The molecule has 0 aliphatic carbocycles. The summed E-state index contributed by atoms with van der Waals surface area (Å²) in [5.74, 6) is 0.844. The molecule has 1 aliphatic heterocycles. The van der Waals surface area contributed by atoms with Gasteiger partial charge < -0.3 is 10.6 Å². The Bertz CT molecular complexity index is 518. The van der Waals surface area contributed by atoms with E-state index < -0.39 is 0 Å². The van der Waals surface area contributed by atoms with E-state index in [0.29, 0.717) is 6.04 Å². The Balaban J connectivity index is 1.58. The van der Waals surface area contributed by atoms with Crippen molar-refractivity contribution in [2.45, 2.75) is 25.3 Å². The van der Waals surface area contributed by atoms with Crippen LogP contribution in [0.4, 0.5) is 5.82 Å². The molecule has 1 atom stereocenters. The van der Waals surface area contributed by atoms with Gasteiger partial charge in [0.25, 0.3) is 0 Å². The van der Waals surface area contributed by atoms with E-state index in [0.717, 1.165) is 30.2 Å². The summed E-state index contributed by atoms with van der Waals surface area (Å²) >= 11 is 0. The molecule has 1 fully saturated rings. The number of anilines is 1. The van der Waals surface area contributed by atoms with Gasteiger partial charge in [-0.3, -0.25) is 0 Å². The molecule has 0 spiro atoms. The molecule has 0 bridgehead atoms. The quantitative estimate of drug-likeness (QED) is 0.895. The highest BCUT2D eigenvalue weighted by atomic mass is 15.2. The van der Waals surface area contributed by atoms with E-state index in [4.69, 9.17) is 0 Å². The van der Waals surface area contributed by atoms with Crippen LogP contribution < -0.4 is 10.6 Å². The van der Waals surface area contributed by atoms with Crippen LogP contribution in [0, 0.1) is 0 Å².